The first-order chi connectivity index (χ1) is 20.3. The summed E-state index contributed by atoms with van der Waals surface area (Å²) in [6.45, 7) is 0.693. The van der Waals surface area contributed by atoms with Gasteiger partial charge in [0.2, 0.25) is 5.91 Å². The number of nitrogens with two attached hydrogens (primary N) is 2. The summed E-state index contributed by atoms with van der Waals surface area (Å²) < 4.78 is 4.78. The predicted molar refractivity (Wildman–Crippen MR) is 160 cm³/mol. The molecule has 222 valence electrons. The third-order valence-electron chi connectivity index (χ3n) is 6.71. The van der Waals surface area contributed by atoms with E-state index < -0.39 is 41.6 Å². The second-order valence-electron chi connectivity index (χ2n) is 9.72. The lowest BCUT2D eigenvalue weighted by Gasteiger charge is -2.22. The summed E-state index contributed by atoms with van der Waals surface area (Å²) in [4.78, 5) is 64.7. The average molecular weight is 576 g/mol. The Hall–Kier alpha value is -4.61. The van der Waals surface area contributed by atoms with Gasteiger partial charge in [-0.15, -0.1) is 0 Å². The van der Waals surface area contributed by atoms with E-state index in [0.717, 1.165) is 10.8 Å². The van der Waals surface area contributed by atoms with Crippen LogP contribution >= 0.6 is 0 Å². The maximum Gasteiger partial charge on any atom is 0.328 e. The lowest BCUT2D eigenvalue weighted by Crippen LogP contribution is -2.53. The number of hydrogen-bond donors (Lipinski definition) is 5. The Morgan fingerprint density at radius 3 is 2.14 bits per heavy atom. The average Bonchev–Trinajstić information content (AvgIpc) is 3.01. The molecule has 3 rings (SSSR count). The van der Waals surface area contributed by atoms with Crippen molar-refractivity contribution in [3.63, 3.8) is 0 Å². The number of ether oxygens (including phenoxy) is 1. The van der Waals surface area contributed by atoms with Crippen molar-refractivity contribution < 1.29 is 28.7 Å². The van der Waals surface area contributed by atoms with Crippen molar-refractivity contribution in [2.24, 2.45) is 11.5 Å². The summed E-state index contributed by atoms with van der Waals surface area (Å²) in [5, 5.41) is 9.66. The van der Waals surface area contributed by atoms with Gasteiger partial charge in [-0.1, -0.05) is 42.5 Å². The molecule has 11 nitrogen and oxygen atoms in total. The van der Waals surface area contributed by atoms with Crippen molar-refractivity contribution in [3.05, 3.63) is 77.9 Å². The molecule has 11 heteroatoms. The smallest absolute Gasteiger partial charge is 0.328 e. The fraction of sp³-hybridized carbons (Fsp3) is 0.323. The summed E-state index contributed by atoms with van der Waals surface area (Å²) in [6, 6.07) is 16.9. The molecule has 0 aliphatic heterocycles. The summed E-state index contributed by atoms with van der Waals surface area (Å²) in [5.41, 5.74) is 11.6. The molecule has 2 atom stereocenters. The number of methoxy groups -OCH3 is 1. The Morgan fingerprint density at radius 1 is 0.762 bits per heavy atom. The molecular formula is C31H37N5O6. The molecule has 0 fully saturated rings. The topological polar surface area (TPSA) is 183 Å². The van der Waals surface area contributed by atoms with Gasteiger partial charge in [0.15, 0.2) is 0 Å². The number of nitrogens with one attached hydrogen (secondary N) is 3. The summed E-state index contributed by atoms with van der Waals surface area (Å²) >= 11 is 0. The van der Waals surface area contributed by atoms with Crippen molar-refractivity contribution >= 4 is 45.9 Å². The highest BCUT2D eigenvalue weighted by Crippen LogP contribution is 2.20. The number of carbonyl (C=O) groups excluding carboxylic acids is 5. The van der Waals surface area contributed by atoms with Gasteiger partial charge in [-0.2, -0.15) is 0 Å². The van der Waals surface area contributed by atoms with Gasteiger partial charge in [-0.25, -0.2) is 4.79 Å². The van der Waals surface area contributed by atoms with E-state index in [1.807, 2.05) is 30.3 Å². The van der Waals surface area contributed by atoms with Crippen LogP contribution in [0.15, 0.2) is 66.7 Å². The summed E-state index contributed by atoms with van der Waals surface area (Å²) in [5.74, 6) is -3.71. The van der Waals surface area contributed by atoms with Crippen molar-refractivity contribution in [3.8, 4) is 0 Å². The van der Waals surface area contributed by atoms with E-state index in [4.69, 9.17) is 16.2 Å². The zero-order chi connectivity index (χ0) is 30.5. The second kappa shape index (κ2) is 16.0. The SMILES string of the molecule is COC(=O)C(CCCN)NC(=O)C(CCCCN)NC(=O)C(=O)c1ccccc1NC(=O)c1ccc2ccccc2c1. The monoisotopic (exact) mass is 575 g/mol. The molecule has 7 N–H and O–H groups in total. The third-order valence-corrected chi connectivity index (χ3v) is 6.71. The van der Waals surface area contributed by atoms with Gasteiger partial charge in [-0.05, 0) is 80.2 Å². The summed E-state index contributed by atoms with van der Waals surface area (Å²) in [7, 11) is 1.21. The van der Waals surface area contributed by atoms with E-state index in [1.54, 1.807) is 24.3 Å². The molecule has 2 unspecified atom stereocenters. The van der Waals surface area contributed by atoms with Gasteiger partial charge in [0, 0.05) is 5.56 Å². The highest BCUT2D eigenvalue weighted by Gasteiger charge is 2.29. The van der Waals surface area contributed by atoms with E-state index in [2.05, 4.69) is 16.0 Å². The summed E-state index contributed by atoms with van der Waals surface area (Å²) in [6.07, 6.45) is 1.98. The van der Waals surface area contributed by atoms with Gasteiger partial charge in [0.05, 0.1) is 18.4 Å². The zero-order valence-corrected chi connectivity index (χ0v) is 23.6. The lowest BCUT2D eigenvalue weighted by atomic mass is 10.0. The van der Waals surface area contributed by atoms with Crippen LogP contribution in [0.3, 0.4) is 0 Å². The van der Waals surface area contributed by atoms with Crippen LogP contribution in [0.1, 0.15) is 52.8 Å². The Morgan fingerprint density at radius 2 is 1.43 bits per heavy atom. The quantitative estimate of drug-likeness (QED) is 0.0791. The number of carbonyl (C=O) groups is 5. The first-order valence-corrected chi connectivity index (χ1v) is 13.8. The van der Waals surface area contributed by atoms with Crippen LogP contribution in [0.5, 0.6) is 0 Å². The van der Waals surface area contributed by atoms with E-state index in [-0.39, 0.29) is 24.1 Å². The maximum atomic E-state index is 13.3. The number of amides is 3. The fourth-order valence-corrected chi connectivity index (χ4v) is 4.41. The number of rotatable bonds is 15. The molecule has 0 radical (unpaired) electrons. The number of benzene rings is 3. The van der Waals surface area contributed by atoms with Crippen molar-refractivity contribution in [1.82, 2.24) is 10.6 Å². The van der Waals surface area contributed by atoms with Crippen molar-refractivity contribution in [2.75, 3.05) is 25.5 Å². The Balaban J connectivity index is 1.76. The molecule has 3 amide bonds. The van der Waals surface area contributed by atoms with Crippen LogP contribution in [0.25, 0.3) is 10.8 Å². The van der Waals surface area contributed by atoms with Gasteiger partial charge in [-0.3, -0.25) is 19.2 Å². The first kappa shape index (κ1) is 31.9. The van der Waals surface area contributed by atoms with Gasteiger partial charge in [0.25, 0.3) is 17.6 Å². The molecule has 3 aromatic rings. The lowest BCUT2D eigenvalue weighted by molar-refractivity contribution is -0.145. The third kappa shape index (κ3) is 8.69. The molecule has 0 aliphatic rings. The van der Waals surface area contributed by atoms with E-state index in [0.29, 0.717) is 37.9 Å². The molecule has 0 heterocycles. The number of fused-ring (bicyclic) bond motifs is 1. The minimum atomic E-state index is -1.11. The fourth-order valence-electron chi connectivity index (χ4n) is 4.41. The van der Waals surface area contributed by atoms with Crippen LogP contribution in [-0.4, -0.2) is 61.8 Å². The van der Waals surface area contributed by atoms with Crippen molar-refractivity contribution in [2.45, 2.75) is 44.2 Å². The molecule has 0 aliphatic carbocycles. The van der Waals surface area contributed by atoms with Crippen LogP contribution in [0.4, 0.5) is 5.69 Å². The number of hydrogen-bond acceptors (Lipinski definition) is 8. The first-order valence-electron chi connectivity index (χ1n) is 13.8. The molecule has 0 saturated carbocycles. The number of esters is 1. The highest BCUT2D eigenvalue weighted by molar-refractivity contribution is 6.44. The van der Waals surface area contributed by atoms with Gasteiger partial charge >= 0.3 is 5.97 Å². The zero-order valence-electron chi connectivity index (χ0n) is 23.6. The van der Waals surface area contributed by atoms with E-state index >= 15 is 0 Å². The molecule has 0 bridgehead atoms. The van der Waals surface area contributed by atoms with Crippen LogP contribution in [0, 0.1) is 0 Å². The van der Waals surface area contributed by atoms with Crippen LogP contribution < -0.4 is 27.4 Å². The van der Waals surface area contributed by atoms with E-state index in [9.17, 15) is 24.0 Å². The maximum absolute atomic E-state index is 13.3. The molecule has 3 aromatic carbocycles. The van der Waals surface area contributed by atoms with Gasteiger partial charge < -0.3 is 32.2 Å². The predicted octanol–water partition coefficient (Wildman–Crippen LogP) is 2.29. The molecule has 42 heavy (non-hydrogen) atoms. The highest BCUT2D eigenvalue weighted by atomic mass is 16.5. The number of unbranched alkanes of at least 4 members (excludes halogenated alkanes) is 1. The number of Topliss-reactive ketones (excluding diaryl/α,β-unsaturated/α-hetero) is 1. The Kier molecular flexibility index (Phi) is 12.1. The molecule has 0 saturated heterocycles. The Labute approximate surface area is 244 Å². The second-order valence-corrected chi connectivity index (χ2v) is 9.72. The van der Waals surface area contributed by atoms with E-state index in [1.165, 1.54) is 19.2 Å². The molecular weight excluding hydrogens is 538 g/mol. The largest absolute Gasteiger partial charge is 0.467 e. The van der Waals surface area contributed by atoms with Gasteiger partial charge in [0.1, 0.15) is 12.1 Å². The minimum absolute atomic E-state index is 0.0411. The normalized spacial score (nSPS) is 12.2. The van der Waals surface area contributed by atoms with Crippen LogP contribution in [-0.2, 0) is 19.1 Å². The number of ketones is 1. The number of anilines is 1. The van der Waals surface area contributed by atoms with Crippen LogP contribution in [0.2, 0.25) is 0 Å². The number of para-hydroxylation sites is 1. The molecule has 0 aromatic heterocycles. The Bertz CT molecular complexity index is 1430. The van der Waals surface area contributed by atoms with Crippen molar-refractivity contribution in [1.29, 1.82) is 0 Å². The standard InChI is InChI=1S/C31H37N5O6/c1-42-31(41)26(14-8-18-33)36-29(39)25(13-6-7-17-32)35-30(40)27(37)23-11-4-5-12-24(23)34-28(38)22-16-15-20-9-2-3-10-21(20)19-22/h2-5,9-12,15-16,19,25-26H,6-8,13-14,17-18,32-33H2,1H3,(H,34,38)(H,35,40)(H,36,39). The molecule has 0 spiro atoms. The minimum Gasteiger partial charge on any atom is -0.467 e.